The Hall–Kier alpha value is -2.19. The summed E-state index contributed by atoms with van der Waals surface area (Å²) >= 11 is 2.43. The summed E-state index contributed by atoms with van der Waals surface area (Å²) in [5.41, 5.74) is 2.14. The van der Waals surface area contributed by atoms with Crippen molar-refractivity contribution in [2.24, 2.45) is 0 Å². The summed E-state index contributed by atoms with van der Waals surface area (Å²) in [7, 11) is 0. The zero-order chi connectivity index (χ0) is 13.9. The summed E-state index contributed by atoms with van der Waals surface area (Å²) in [4.78, 5) is 21.1. The minimum absolute atomic E-state index is 0.237. The highest BCUT2D eigenvalue weighted by molar-refractivity contribution is 7.14. The number of amides is 1. The molecule has 3 rings (SSSR count). The Labute approximate surface area is 122 Å². The number of hydrogen-bond donors (Lipinski definition) is 1. The van der Waals surface area contributed by atoms with Crippen LogP contribution in [0.3, 0.4) is 0 Å². The molecule has 1 N–H and O–H groups in total. The molecule has 20 heavy (non-hydrogen) atoms. The van der Waals surface area contributed by atoms with Crippen LogP contribution in [0.4, 0.5) is 5.13 Å². The third kappa shape index (κ3) is 2.56. The molecule has 0 aliphatic rings. The second-order valence-electron chi connectivity index (χ2n) is 3.89. The molecule has 0 saturated heterocycles. The van der Waals surface area contributed by atoms with E-state index in [4.69, 9.17) is 0 Å². The molecule has 0 aliphatic carbocycles. The van der Waals surface area contributed by atoms with Gasteiger partial charge < -0.3 is 0 Å². The zero-order valence-corrected chi connectivity index (χ0v) is 12.0. The third-order valence-corrected chi connectivity index (χ3v) is 4.09. The number of aromatic nitrogens is 4. The fourth-order valence-corrected chi connectivity index (χ4v) is 2.81. The van der Waals surface area contributed by atoms with Gasteiger partial charge in [-0.2, -0.15) is 0 Å². The van der Waals surface area contributed by atoms with Crippen LogP contribution in [0.25, 0.3) is 11.4 Å². The van der Waals surface area contributed by atoms with Crippen LogP contribution in [0, 0.1) is 6.92 Å². The van der Waals surface area contributed by atoms with E-state index >= 15 is 0 Å². The minimum Gasteiger partial charge on any atom is -0.297 e. The van der Waals surface area contributed by atoms with Crippen molar-refractivity contribution in [1.82, 2.24) is 19.6 Å². The standard InChI is InChI=1S/C12H9N5OS2/c1-7-10(20-17-16-7)11(18)15-12-14-9(6-19-12)8-4-2-3-5-13-8/h2-6H,1H3,(H,14,15,18). The van der Waals surface area contributed by atoms with E-state index in [1.807, 2.05) is 23.6 Å². The first-order valence-corrected chi connectivity index (χ1v) is 7.36. The first kappa shape index (κ1) is 12.8. The van der Waals surface area contributed by atoms with Gasteiger partial charge in [-0.25, -0.2) is 4.98 Å². The summed E-state index contributed by atoms with van der Waals surface area (Å²) in [6, 6.07) is 5.61. The Morgan fingerprint density at radius 1 is 1.30 bits per heavy atom. The highest BCUT2D eigenvalue weighted by Gasteiger charge is 2.15. The van der Waals surface area contributed by atoms with Gasteiger partial charge in [-0.3, -0.25) is 15.1 Å². The number of pyridine rings is 1. The molecule has 0 fully saturated rings. The number of carbonyl (C=O) groups is 1. The lowest BCUT2D eigenvalue weighted by Gasteiger charge is -1.98. The molecule has 6 nitrogen and oxygen atoms in total. The molecule has 3 heterocycles. The molecule has 0 radical (unpaired) electrons. The molecule has 3 aromatic rings. The van der Waals surface area contributed by atoms with Gasteiger partial charge in [0.2, 0.25) is 0 Å². The molecule has 1 amide bonds. The van der Waals surface area contributed by atoms with E-state index in [1.165, 1.54) is 11.3 Å². The molecule has 0 aliphatic heterocycles. The first-order valence-electron chi connectivity index (χ1n) is 5.71. The third-order valence-electron chi connectivity index (χ3n) is 2.51. The molecule has 100 valence electrons. The number of nitrogens with zero attached hydrogens (tertiary/aromatic N) is 4. The Kier molecular flexibility index (Phi) is 3.48. The highest BCUT2D eigenvalue weighted by Crippen LogP contribution is 2.24. The number of hydrogen-bond acceptors (Lipinski definition) is 7. The Morgan fingerprint density at radius 2 is 2.20 bits per heavy atom. The smallest absolute Gasteiger partial charge is 0.271 e. The monoisotopic (exact) mass is 303 g/mol. The van der Waals surface area contributed by atoms with Crippen molar-refractivity contribution in [1.29, 1.82) is 0 Å². The van der Waals surface area contributed by atoms with Crippen molar-refractivity contribution in [2.45, 2.75) is 6.92 Å². The van der Waals surface area contributed by atoms with E-state index in [1.54, 1.807) is 13.1 Å². The van der Waals surface area contributed by atoms with Crippen LogP contribution in [0.2, 0.25) is 0 Å². The van der Waals surface area contributed by atoms with Crippen molar-refractivity contribution in [3.8, 4) is 11.4 Å². The van der Waals surface area contributed by atoms with Crippen LogP contribution >= 0.6 is 22.9 Å². The lowest BCUT2D eigenvalue weighted by atomic mass is 10.3. The zero-order valence-electron chi connectivity index (χ0n) is 10.4. The SMILES string of the molecule is Cc1nnsc1C(=O)Nc1nc(-c2ccccn2)cs1. The van der Waals surface area contributed by atoms with E-state index in [2.05, 4.69) is 24.9 Å². The average molecular weight is 303 g/mol. The van der Waals surface area contributed by atoms with Crippen LogP contribution in [-0.4, -0.2) is 25.5 Å². The largest absolute Gasteiger partial charge is 0.297 e. The molecule has 0 spiro atoms. The van der Waals surface area contributed by atoms with Gasteiger partial charge in [0.15, 0.2) is 5.13 Å². The van der Waals surface area contributed by atoms with Gasteiger partial charge in [-0.15, -0.1) is 16.4 Å². The number of rotatable bonds is 3. The molecule has 8 heteroatoms. The van der Waals surface area contributed by atoms with Gasteiger partial charge in [0.05, 0.1) is 11.4 Å². The predicted molar refractivity (Wildman–Crippen MR) is 77.9 cm³/mol. The molecule has 0 bridgehead atoms. The predicted octanol–water partition coefficient (Wildman–Crippen LogP) is 2.62. The van der Waals surface area contributed by atoms with E-state index in [0.29, 0.717) is 15.7 Å². The van der Waals surface area contributed by atoms with Gasteiger partial charge in [-0.1, -0.05) is 10.6 Å². The second kappa shape index (κ2) is 5.43. The second-order valence-corrected chi connectivity index (χ2v) is 5.51. The van der Waals surface area contributed by atoms with Gasteiger partial charge >= 0.3 is 0 Å². The summed E-state index contributed by atoms with van der Waals surface area (Å²) in [6.45, 7) is 1.75. The van der Waals surface area contributed by atoms with Crippen molar-refractivity contribution in [3.63, 3.8) is 0 Å². The fraction of sp³-hybridized carbons (Fsp3) is 0.0833. The van der Waals surface area contributed by atoms with Gasteiger partial charge in [0.1, 0.15) is 10.6 Å². The van der Waals surface area contributed by atoms with Gasteiger partial charge in [-0.05, 0) is 30.6 Å². The Bertz CT molecular complexity index is 737. The number of nitrogens with one attached hydrogen (secondary N) is 1. The van der Waals surface area contributed by atoms with E-state index < -0.39 is 0 Å². The maximum Gasteiger partial charge on any atom is 0.271 e. The van der Waals surface area contributed by atoms with Crippen molar-refractivity contribution >= 4 is 33.9 Å². The molecule has 0 saturated carbocycles. The van der Waals surface area contributed by atoms with Gasteiger partial charge in [0, 0.05) is 11.6 Å². The van der Waals surface area contributed by atoms with Crippen LogP contribution < -0.4 is 5.32 Å². The highest BCUT2D eigenvalue weighted by atomic mass is 32.1. The van der Waals surface area contributed by atoms with E-state index in [-0.39, 0.29) is 5.91 Å². The number of anilines is 1. The number of aryl methyl sites for hydroxylation is 1. The molecule has 3 aromatic heterocycles. The van der Waals surface area contributed by atoms with Crippen LogP contribution in [0.15, 0.2) is 29.8 Å². The van der Waals surface area contributed by atoms with Gasteiger partial charge in [0.25, 0.3) is 5.91 Å². The van der Waals surface area contributed by atoms with Crippen LogP contribution in [0.5, 0.6) is 0 Å². The maximum atomic E-state index is 12.0. The summed E-state index contributed by atoms with van der Waals surface area (Å²) in [5, 5.41) is 8.95. The maximum absolute atomic E-state index is 12.0. The van der Waals surface area contributed by atoms with Crippen molar-refractivity contribution in [2.75, 3.05) is 5.32 Å². The van der Waals surface area contributed by atoms with E-state index in [0.717, 1.165) is 22.9 Å². The average Bonchev–Trinajstić information content (AvgIpc) is 3.09. The molecule has 0 unspecified atom stereocenters. The Morgan fingerprint density at radius 3 is 2.90 bits per heavy atom. The van der Waals surface area contributed by atoms with Crippen molar-refractivity contribution in [3.05, 3.63) is 40.3 Å². The topological polar surface area (TPSA) is 80.7 Å². The van der Waals surface area contributed by atoms with E-state index in [9.17, 15) is 4.79 Å². The molecular weight excluding hydrogens is 294 g/mol. The summed E-state index contributed by atoms with van der Waals surface area (Å²) < 4.78 is 3.74. The molecule has 0 aromatic carbocycles. The van der Waals surface area contributed by atoms with Crippen molar-refractivity contribution < 1.29 is 4.79 Å². The summed E-state index contributed by atoms with van der Waals surface area (Å²) in [6.07, 6.45) is 1.71. The van der Waals surface area contributed by atoms with Crippen LogP contribution in [-0.2, 0) is 0 Å². The molecule has 0 atom stereocenters. The fourth-order valence-electron chi connectivity index (χ4n) is 1.56. The minimum atomic E-state index is -0.237. The normalized spacial score (nSPS) is 10.4. The lowest BCUT2D eigenvalue weighted by molar-refractivity contribution is 0.103. The molecular formula is C12H9N5OS2. The quantitative estimate of drug-likeness (QED) is 0.804. The summed E-state index contributed by atoms with van der Waals surface area (Å²) in [5.74, 6) is -0.237. The van der Waals surface area contributed by atoms with Crippen LogP contribution in [0.1, 0.15) is 15.4 Å². The first-order chi connectivity index (χ1) is 9.74. The Balaban J connectivity index is 1.78. The lowest BCUT2D eigenvalue weighted by Crippen LogP contribution is -2.11. The number of carbonyl (C=O) groups excluding carboxylic acids is 1. The number of thiazole rings is 1.